The van der Waals surface area contributed by atoms with Gasteiger partial charge in [-0.05, 0) is 56.3 Å². The van der Waals surface area contributed by atoms with Crippen molar-refractivity contribution in [1.82, 2.24) is 15.2 Å². The van der Waals surface area contributed by atoms with Gasteiger partial charge >= 0.3 is 0 Å². The first-order valence-electron chi connectivity index (χ1n) is 17.7. The van der Waals surface area contributed by atoms with E-state index in [2.05, 4.69) is 28.3 Å². The van der Waals surface area contributed by atoms with Gasteiger partial charge in [0.2, 0.25) is 6.17 Å². The largest absolute Gasteiger partial charge is 0.504 e. The van der Waals surface area contributed by atoms with Crippen LogP contribution in [0.5, 0.6) is 11.5 Å². The molecule has 3 aliphatic heterocycles. The summed E-state index contributed by atoms with van der Waals surface area (Å²) in [6.45, 7) is 1.01. The molecule has 1 spiro atoms. The van der Waals surface area contributed by atoms with Crippen LogP contribution >= 0.6 is 0 Å². The van der Waals surface area contributed by atoms with Gasteiger partial charge in [-0.1, -0.05) is 84.9 Å². The Bertz CT molecular complexity index is 2270. The lowest BCUT2D eigenvalue weighted by Gasteiger charge is -2.56. The van der Waals surface area contributed by atoms with Crippen molar-refractivity contribution in [1.29, 1.82) is 0 Å². The number of rotatable bonds is 3. The molecule has 2 aliphatic carbocycles. The summed E-state index contributed by atoms with van der Waals surface area (Å²) in [5.74, 6) is 0.502. The Kier molecular flexibility index (Phi) is 7.57. The summed E-state index contributed by atoms with van der Waals surface area (Å²) in [4.78, 5) is 38.0. The van der Waals surface area contributed by atoms with Crippen LogP contribution in [0.15, 0.2) is 114 Å². The molecule has 10 rings (SSSR count). The SMILES string of the molecule is CN1C(=O)[C@@H](NC(=O)c2cc3ccccc3[nH]2)N=C(c2ccccc2)c2ccccc21.CN1CC[C@]23c4c5ccc(O)c4O[C@H]2[C@@H](O)C=C[C@H]3[C@H]1C5. The smallest absolute Gasteiger partial charge is 0.272 e. The van der Waals surface area contributed by atoms with E-state index < -0.39 is 12.3 Å². The molecule has 10 heteroatoms. The van der Waals surface area contributed by atoms with Crippen LogP contribution in [0, 0.1) is 5.92 Å². The van der Waals surface area contributed by atoms with Crippen LogP contribution in [0.25, 0.3) is 10.9 Å². The number of anilines is 1. The van der Waals surface area contributed by atoms with Crippen molar-refractivity contribution in [2.45, 2.75) is 42.7 Å². The number of benzene rings is 4. The number of hydrogen-bond donors (Lipinski definition) is 4. The molecular formula is C42H39N5O5. The maximum absolute atomic E-state index is 13.2. The average molecular weight is 694 g/mol. The molecule has 0 unspecified atom stereocenters. The number of aliphatic imine (C=N–C) groups is 1. The second-order valence-corrected chi connectivity index (χ2v) is 14.3. The Morgan fingerprint density at radius 1 is 0.981 bits per heavy atom. The number of carbonyl (C=O) groups is 2. The fourth-order valence-electron chi connectivity index (χ4n) is 9.08. The van der Waals surface area contributed by atoms with Crippen molar-refractivity contribution in [3.05, 3.63) is 137 Å². The van der Waals surface area contributed by atoms with Crippen molar-refractivity contribution in [2.24, 2.45) is 10.9 Å². The first-order valence-corrected chi connectivity index (χ1v) is 17.7. The van der Waals surface area contributed by atoms with Crippen molar-refractivity contribution < 1.29 is 24.5 Å². The van der Waals surface area contributed by atoms with Crippen LogP contribution in [0.1, 0.15) is 39.2 Å². The Labute approximate surface area is 301 Å². The molecule has 1 aromatic heterocycles. The minimum Gasteiger partial charge on any atom is -0.504 e. The Balaban J connectivity index is 0.000000148. The third-order valence-electron chi connectivity index (χ3n) is 11.6. The summed E-state index contributed by atoms with van der Waals surface area (Å²) in [6.07, 6.45) is 4.13. The summed E-state index contributed by atoms with van der Waals surface area (Å²) < 4.78 is 6.09. The summed E-state index contributed by atoms with van der Waals surface area (Å²) in [5, 5.41) is 24.4. The van der Waals surface area contributed by atoms with E-state index in [1.165, 1.54) is 11.1 Å². The second kappa shape index (κ2) is 12.2. The van der Waals surface area contributed by atoms with E-state index >= 15 is 0 Å². The molecule has 4 heterocycles. The Morgan fingerprint density at radius 2 is 1.75 bits per heavy atom. The van der Waals surface area contributed by atoms with Gasteiger partial charge < -0.3 is 35.1 Å². The molecule has 10 nitrogen and oxygen atoms in total. The highest BCUT2D eigenvalue weighted by molar-refractivity contribution is 6.20. The van der Waals surface area contributed by atoms with E-state index in [0.717, 1.165) is 47.1 Å². The van der Waals surface area contributed by atoms with Gasteiger partial charge in [-0.25, -0.2) is 4.99 Å². The number of phenols is 1. The predicted octanol–water partition coefficient (Wildman–Crippen LogP) is 4.94. The summed E-state index contributed by atoms with van der Waals surface area (Å²) in [6, 6.07) is 30.9. The van der Waals surface area contributed by atoms with Gasteiger partial charge in [0.15, 0.2) is 11.5 Å². The number of para-hydroxylation sites is 2. The predicted molar refractivity (Wildman–Crippen MR) is 199 cm³/mol. The second-order valence-electron chi connectivity index (χ2n) is 14.3. The highest BCUT2D eigenvalue weighted by Gasteiger charge is 2.64. The molecule has 1 saturated heterocycles. The highest BCUT2D eigenvalue weighted by Crippen LogP contribution is 2.62. The van der Waals surface area contributed by atoms with E-state index in [0.29, 0.717) is 29.1 Å². The molecule has 6 atom stereocenters. The lowest BCUT2D eigenvalue weighted by molar-refractivity contribution is -0.119. The van der Waals surface area contributed by atoms with Gasteiger partial charge in [0.1, 0.15) is 17.9 Å². The van der Waals surface area contributed by atoms with Gasteiger partial charge in [0.25, 0.3) is 11.8 Å². The van der Waals surface area contributed by atoms with Crippen LogP contribution in [-0.4, -0.2) is 82.7 Å². The third kappa shape index (κ3) is 4.89. The lowest BCUT2D eigenvalue weighted by Crippen LogP contribution is -2.64. The zero-order valence-corrected chi connectivity index (χ0v) is 28.9. The number of benzodiazepines with no additional fused rings is 1. The van der Waals surface area contributed by atoms with Gasteiger partial charge in [-0.15, -0.1) is 0 Å². The maximum Gasteiger partial charge on any atom is 0.272 e. The molecule has 52 heavy (non-hydrogen) atoms. The average Bonchev–Trinajstić information content (AvgIpc) is 3.75. The number of aliphatic hydroxyl groups excluding tert-OH is 1. The van der Waals surface area contributed by atoms with E-state index in [-0.39, 0.29) is 29.1 Å². The maximum atomic E-state index is 13.2. The molecule has 4 N–H and O–H groups in total. The number of nitrogens with one attached hydrogen (secondary N) is 2. The van der Waals surface area contributed by atoms with Gasteiger partial charge in [-0.3, -0.25) is 9.59 Å². The molecule has 0 radical (unpaired) electrons. The number of H-pyrrole nitrogens is 1. The first kappa shape index (κ1) is 32.2. The number of nitrogens with zero attached hydrogens (tertiary/aromatic N) is 3. The molecule has 262 valence electrons. The minimum absolute atomic E-state index is 0.160. The highest BCUT2D eigenvalue weighted by atomic mass is 16.5. The number of amides is 2. The van der Waals surface area contributed by atoms with Crippen molar-refractivity contribution in [3.8, 4) is 11.5 Å². The Hall–Kier alpha value is -5.71. The molecular weight excluding hydrogens is 654 g/mol. The number of piperidine rings is 1. The molecule has 1 fully saturated rings. The molecule has 2 bridgehead atoms. The third-order valence-corrected chi connectivity index (χ3v) is 11.6. The number of hydrogen-bond acceptors (Lipinski definition) is 7. The van der Waals surface area contributed by atoms with Gasteiger partial charge in [-0.2, -0.15) is 0 Å². The molecule has 2 amide bonds. The van der Waals surface area contributed by atoms with E-state index in [9.17, 15) is 19.8 Å². The summed E-state index contributed by atoms with van der Waals surface area (Å²) in [7, 11) is 3.89. The number of likely N-dealkylation sites (tertiary alicyclic amines) is 1. The number of phenolic OH excluding ortho intramolecular Hbond substituents is 1. The minimum atomic E-state index is -1.05. The van der Waals surface area contributed by atoms with Crippen LogP contribution in [0.4, 0.5) is 5.69 Å². The summed E-state index contributed by atoms with van der Waals surface area (Å²) >= 11 is 0. The topological polar surface area (TPSA) is 130 Å². The standard InChI is InChI=1S/C25H20N4O2.C17H19NO3/c1-29-21-14-8-6-12-18(21)22(16-9-3-2-4-10-16)27-23(25(29)31)28-24(30)20-15-17-11-5-7-13-19(17)26-20;1-18-7-6-17-10-3-5-13(20)16(17)21-15-12(19)4-2-9(14(15)17)8-11(10)18/h2-15,23,26H,1H3,(H,28,30);2-5,10-11,13,16,19-20H,6-8H2,1H3/t23-;10-,11+,13-,16-,17-/m10/s1. The van der Waals surface area contributed by atoms with Gasteiger partial charge in [0.05, 0.1) is 11.4 Å². The quantitative estimate of drug-likeness (QED) is 0.198. The molecule has 5 aromatic rings. The number of fused-ring (bicyclic) bond motifs is 2. The van der Waals surface area contributed by atoms with Gasteiger partial charge in [0, 0.05) is 52.0 Å². The first-order chi connectivity index (χ1) is 25.2. The van der Waals surface area contributed by atoms with E-state index in [1.54, 1.807) is 24.1 Å². The fraction of sp³-hybridized carbons (Fsp3) is 0.262. The van der Waals surface area contributed by atoms with Crippen molar-refractivity contribution in [2.75, 3.05) is 25.5 Å². The molecule has 5 aliphatic rings. The zero-order chi connectivity index (χ0) is 35.7. The number of aliphatic hydroxyl groups is 1. The number of aromatic hydroxyl groups is 1. The zero-order valence-electron chi connectivity index (χ0n) is 28.9. The molecule has 0 saturated carbocycles. The van der Waals surface area contributed by atoms with E-state index in [4.69, 9.17) is 9.73 Å². The molecule has 4 aromatic carbocycles. The lowest BCUT2D eigenvalue weighted by atomic mass is 9.53. The number of carbonyl (C=O) groups excluding carboxylic acids is 2. The normalized spacial score (nSPS) is 26.7. The van der Waals surface area contributed by atoms with E-state index in [1.807, 2.05) is 91.0 Å². The summed E-state index contributed by atoms with van der Waals surface area (Å²) in [5.41, 5.74) is 6.66. The number of aromatic amines is 1. The monoisotopic (exact) mass is 693 g/mol. The van der Waals surface area contributed by atoms with Crippen molar-refractivity contribution >= 4 is 34.1 Å². The van der Waals surface area contributed by atoms with Crippen LogP contribution in [0.3, 0.4) is 0 Å². The fourth-order valence-corrected chi connectivity index (χ4v) is 9.08. The van der Waals surface area contributed by atoms with Crippen LogP contribution in [-0.2, 0) is 16.6 Å². The number of likely N-dealkylation sites (N-methyl/N-ethyl adjacent to an activating group) is 2. The number of ether oxygens (including phenoxy) is 1. The van der Waals surface area contributed by atoms with Crippen LogP contribution in [0.2, 0.25) is 0 Å². The van der Waals surface area contributed by atoms with Crippen molar-refractivity contribution in [3.63, 3.8) is 0 Å². The Morgan fingerprint density at radius 3 is 2.58 bits per heavy atom. The number of aromatic nitrogens is 1. The van der Waals surface area contributed by atoms with Crippen LogP contribution < -0.4 is 15.0 Å².